The van der Waals surface area contributed by atoms with Crippen LogP contribution in [0.1, 0.15) is 15.9 Å². The van der Waals surface area contributed by atoms with Gasteiger partial charge >= 0.3 is 0 Å². The van der Waals surface area contributed by atoms with Gasteiger partial charge in [-0.2, -0.15) is 0 Å². The number of nitrogens with zero attached hydrogens (tertiary/aromatic N) is 1. The Morgan fingerprint density at radius 3 is 2.85 bits per heavy atom. The van der Waals surface area contributed by atoms with E-state index in [1.165, 1.54) is 12.3 Å². The van der Waals surface area contributed by atoms with E-state index in [2.05, 4.69) is 26.2 Å². The molecule has 0 radical (unpaired) electrons. The third-order valence-corrected chi connectivity index (χ3v) is 3.23. The average Bonchev–Trinajstić information content (AvgIpc) is 2.42. The van der Waals surface area contributed by atoms with Crippen molar-refractivity contribution >= 4 is 33.4 Å². The molecule has 0 fully saturated rings. The van der Waals surface area contributed by atoms with E-state index in [1.807, 2.05) is 0 Å². The molecule has 0 aliphatic carbocycles. The van der Waals surface area contributed by atoms with Gasteiger partial charge < -0.3 is 5.32 Å². The van der Waals surface area contributed by atoms with Crippen LogP contribution in [-0.4, -0.2) is 10.9 Å². The van der Waals surface area contributed by atoms with Crippen molar-refractivity contribution < 1.29 is 13.6 Å². The van der Waals surface area contributed by atoms with E-state index in [9.17, 15) is 13.6 Å². The lowest BCUT2D eigenvalue weighted by atomic mass is 10.2. The minimum Gasteiger partial charge on any atom is -0.348 e. The number of halogens is 4. The maximum atomic E-state index is 13.4. The van der Waals surface area contributed by atoms with Crippen LogP contribution in [0.15, 0.2) is 34.9 Å². The van der Waals surface area contributed by atoms with Crippen molar-refractivity contribution in [2.75, 3.05) is 0 Å². The van der Waals surface area contributed by atoms with Crippen LogP contribution in [0.5, 0.6) is 0 Å². The lowest BCUT2D eigenvalue weighted by Gasteiger charge is -2.07. The maximum absolute atomic E-state index is 13.4. The number of aromatic nitrogens is 1. The molecule has 0 atom stereocenters. The van der Waals surface area contributed by atoms with Gasteiger partial charge in [-0.15, -0.1) is 0 Å². The summed E-state index contributed by atoms with van der Waals surface area (Å²) in [6.45, 7) is -0.148. The Bertz CT molecular complexity index is 667. The fourth-order valence-electron chi connectivity index (χ4n) is 1.53. The van der Waals surface area contributed by atoms with Gasteiger partial charge in [0.2, 0.25) is 0 Å². The number of pyridine rings is 1. The zero-order chi connectivity index (χ0) is 14.7. The Morgan fingerprint density at radius 2 is 2.10 bits per heavy atom. The van der Waals surface area contributed by atoms with Crippen LogP contribution >= 0.6 is 27.5 Å². The summed E-state index contributed by atoms with van der Waals surface area (Å²) in [5.74, 6) is -1.68. The number of nitrogens with one attached hydrogen (secondary N) is 1. The van der Waals surface area contributed by atoms with E-state index in [0.29, 0.717) is 4.47 Å². The Balaban J connectivity index is 2.12. The molecule has 3 nitrogen and oxygen atoms in total. The van der Waals surface area contributed by atoms with Crippen molar-refractivity contribution in [3.63, 3.8) is 0 Å². The number of hydrogen-bond acceptors (Lipinski definition) is 2. The zero-order valence-electron chi connectivity index (χ0n) is 9.96. The van der Waals surface area contributed by atoms with Crippen LogP contribution in [0, 0.1) is 11.6 Å². The number of rotatable bonds is 3. The van der Waals surface area contributed by atoms with Crippen molar-refractivity contribution in [2.45, 2.75) is 6.54 Å². The lowest BCUT2D eigenvalue weighted by molar-refractivity contribution is 0.0950. The molecule has 0 aliphatic rings. The van der Waals surface area contributed by atoms with Crippen LogP contribution in [0.4, 0.5) is 8.78 Å². The standard InChI is InChI=1S/C13H8BrClF2N2O/c14-8-4-10(12(15)18-6-8)13(20)19-5-7-3-9(16)1-2-11(7)17/h1-4,6H,5H2,(H,19,20). The molecule has 0 aliphatic heterocycles. The molecule has 20 heavy (non-hydrogen) atoms. The second-order valence-electron chi connectivity index (χ2n) is 3.91. The summed E-state index contributed by atoms with van der Waals surface area (Å²) in [6.07, 6.45) is 1.45. The molecule has 2 rings (SSSR count). The molecule has 1 aromatic heterocycles. The highest BCUT2D eigenvalue weighted by atomic mass is 79.9. The molecule has 0 saturated heterocycles. The van der Waals surface area contributed by atoms with E-state index >= 15 is 0 Å². The molecular weight excluding hydrogens is 354 g/mol. The molecular formula is C13H8BrClF2N2O. The highest BCUT2D eigenvalue weighted by Gasteiger charge is 2.13. The van der Waals surface area contributed by atoms with Gasteiger partial charge in [-0.25, -0.2) is 13.8 Å². The summed E-state index contributed by atoms with van der Waals surface area (Å²) in [7, 11) is 0. The Kier molecular flexibility index (Phi) is 4.67. The summed E-state index contributed by atoms with van der Waals surface area (Å²) in [6, 6.07) is 4.53. The van der Waals surface area contributed by atoms with Crippen molar-refractivity contribution in [3.8, 4) is 0 Å². The average molecular weight is 362 g/mol. The van der Waals surface area contributed by atoms with Gasteiger partial charge in [0.25, 0.3) is 5.91 Å². The van der Waals surface area contributed by atoms with Gasteiger partial charge in [-0.05, 0) is 40.2 Å². The zero-order valence-corrected chi connectivity index (χ0v) is 12.3. The van der Waals surface area contributed by atoms with Crippen molar-refractivity contribution in [2.24, 2.45) is 0 Å². The lowest BCUT2D eigenvalue weighted by Crippen LogP contribution is -2.24. The number of carbonyl (C=O) groups is 1. The number of carbonyl (C=O) groups excluding carboxylic acids is 1. The van der Waals surface area contributed by atoms with Gasteiger partial charge in [0, 0.05) is 22.8 Å². The minimum atomic E-state index is -0.592. The first-order chi connectivity index (χ1) is 9.47. The van der Waals surface area contributed by atoms with Gasteiger partial charge in [-0.1, -0.05) is 11.6 Å². The van der Waals surface area contributed by atoms with Crippen LogP contribution in [-0.2, 0) is 6.54 Å². The minimum absolute atomic E-state index is 0.0328. The van der Waals surface area contributed by atoms with E-state index in [4.69, 9.17) is 11.6 Å². The Morgan fingerprint density at radius 1 is 1.35 bits per heavy atom. The molecule has 1 aromatic carbocycles. The van der Waals surface area contributed by atoms with Crippen LogP contribution in [0.2, 0.25) is 5.15 Å². The summed E-state index contributed by atoms with van der Waals surface area (Å²) in [4.78, 5) is 15.7. The predicted octanol–water partition coefficient (Wildman–Crippen LogP) is 3.71. The predicted molar refractivity (Wildman–Crippen MR) is 74.5 cm³/mol. The van der Waals surface area contributed by atoms with Crippen molar-refractivity contribution in [1.82, 2.24) is 10.3 Å². The van der Waals surface area contributed by atoms with E-state index in [-0.39, 0.29) is 22.8 Å². The molecule has 1 heterocycles. The second kappa shape index (κ2) is 6.28. The third kappa shape index (κ3) is 3.52. The van der Waals surface area contributed by atoms with E-state index in [1.54, 1.807) is 0 Å². The fraction of sp³-hybridized carbons (Fsp3) is 0.0769. The third-order valence-electron chi connectivity index (χ3n) is 2.50. The maximum Gasteiger partial charge on any atom is 0.254 e. The van der Waals surface area contributed by atoms with Gasteiger partial charge in [0.05, 0.1) is 5.56 Å². The van der Waals surface area contributed by atoms with E-state index in [0.717, 1.165) is 18.2 Å². The summed E-state index contributed by atoms with van der Waals surface area (Å²) in [5, 5.41) is 2.49. The fourth-order valence-corrected chi connectivity index (χ4v) is 2.05. The molecule has 0 unspecified atom stereocenters. The highest BCUT2D eigenvalue weighted by molar-refractivity contribution is 9.10. The monoisotopic (exact) mass is 360 g/mol. The van der Waals surface area contributed by atoms with Gasteiger partial charge in [-0.3, -0.25) is 4.79 Å². The van der Waals surface area contributed by atoms with Crippen LogP contribution < -0.4 is 5.32 Å². The second-order valence-corrected chi connectivity index (χ2v) is 5.18. The largest absolute Gasteiger partial charge is 0.348 e. The summed E-state index contributed by atoms with van der Waals surface area (Å²) < 4.78 is 27.0. The van der Waals surface area contributed by atoms with Crippen molar-refractivity contribution in [3.05, 3.63) is 62.8 Å². The van der Waals surface area contributed by atoms with Crippen molar-refractivity contribution in [1.29, 1.82) is 0 Å². The molecule has 0 saturated carbocycles. The number of benzene rings is 1. The van der Waals surface area contributed by atoms with Gasteiger partial charge in [0.15, 0.2) is 0 Å². The highest BCUT2D eigenvalue weighted by Crippen LogP contribution is 2.18. The summed E-state index contributed by atoms with van der Waals surface area (Å²) in [5.41, 5.74) is 0.204. The Hall–Kier alpha value is -1.53. The molecule has 7 heteroatoms. The molecule has 0 spiro atoms. The van der Waals surface area contributed by atoms with E-state index < -0.39 is 17.5 Å². The normalized spacial score (nSPS) is 10.4. The SMILES string of the molecule is O=C(NCc1cc(F)ccc1F)c1cc(Br)cnc1Cl. The number of amides is 1. The summed E-state index contributed by atoms with van der Waals surface area (Å²) >= 11 is 8.97. The van der Waals surface area contributed by atoms with Crippen LogP contribution in [0.25, 0.3) is 0 Å². The molecule has 104 valence electrons. The van der Waals surface area contributed by atoms with Crippen LogP contribution in [0.3, 0.4) is 0 Å². The molecule has 1 N–H and O–H groups in total. The topological polar surface area (TPSA) is 42.0 Å². The molecule has 1 amide bonds. The van der Waals surface area contributed by atoms with Gasteiger partial charge in [0.1, 0.15) is 16.8 Å². The first kappa shape index (κ1) is 14.9. The first-order valence-corrected chi connectivity index (χ1v) is 6.67. The molecule has 0 bridgehead atoms. The quantitative estimate of drug-likeness (QED) is 0.847. The Labute approximate surface area is 127 Å². The number of hydrogen-bond donors (Lipinski definition) is 1. The molecule has 2 aromatic rings. The first-order valence-electron chi connectivity index (χ1n) is 5.50. The smallest absolute Gasteiger partial charge is 0.254 e.